The summed E-state index contributed by atoms with van der Waals surface area (Å²) in [6.45, 7) is 0.601. The van der Waals surface area contributed by atoms with E-state index in [2.05, 4.69) is 15.7 Å². The zero-order chi connectivity index (χ0) is 20.7. The van der Waals surface area contributed by atoms with Crippen molar-refractivity contribution < 1.29 is 9.60 Å². The van der Waals surface area contributed by atoms with Gasteiger partial charge in [-0.05, 0) is 48.1 Å². The number of hydrogen-bond donors (Lipinski definition) is 1. The molecule has 4 aromatic rings. The Labute approximate surface area is 173 Å². The molecule has 154 valence electrons. The maximum Gasteiger partial charge on any atom is 0.309 e. The number of halogens is 1. The van der Waals surface area contributed by atoms with Gasteiger partial charge in [0.2, 0.25) is 0 Å². The van der Waals surface area contributed by atoms with E-state index >= 15 is 0 Å². The number of aryl methyl sites for hydroxylation is 1. The Morgan fingerprint density at radius 3 is 2.70 bits per heavy atom. The molecule has 1 aliphatic rings. The average molecular weight is 405 g/mol. The molecule has 1 aromatic carbocycles. The van der Waals surface area contributed by atoms with E-state index in [9.17, 15) is 14.4 Å². The molecule has 30 heavy (non-hydrogen) atoms. The van der Waals surface area contributed by atoms with Gasteiger partial charge in [0.1, 0.15) is 11.3 Å². The van der Waals surface area contributed by atoms with E-state index in [4.69, 9.17) is 0 Å². The van der Waals surface area contributed by atoms with Crippen LogP contribution in [0.3, 0.4) is 0 Å². The summed E-state index contributed by atoms with van der Waals surface area (Å²) in [7, 11) is 0. The predicted molar refractivity (Wildman–Crippen MR) is 114 cm³/mol. The molecule has 0 amide bonds. The molecule has 3 heterocycles. The molecule has 3 aromatic heterocycles. The van der Waals surface area contributed by atoms with Gasteiger partial charge in [0.15, 0.2) is 0 Å². The van der Waals surface area contributed by atoms with Crippen LogP contribution in [-0.2, 0) is 13.0 Å². The predicted octanol–water partition coefficient (Wildman–Crippen LogP) is 4.90. The third-order valence-corrected chi connectivity index (χ3v) is 6.38. The summed E-state index contributed by atoms with van der Waals surface area (Å²) in [4.78, 5) is 16.7. The van der Waals surface area contributed by atoms with Crippen molar-refractivity contribution in [2.75, 3.05) is 0 Å². The molecule has 1 aliphatic carbocycles. The lowest BCUT2D eigenvalue weighted by Crippen LogP contribution is -2.17. The number of aromatic nitrogens is 3. The molecule has 0 unspecified atom stereocenters. The topological polar surface area (TPSA) is 60.0 Å². The van der Waals surface area contributed by atoms with Crippen LogP contribution in [0.5, 0.6) is 0 Å². The van der Waals surface area contributed by atoms with E-state index in [0.29, 0.717) is 11.3 Å². The summed E-state index contributed by atoms with van der Waals surface area (Å²) in [5.74, 6) is 0.610. The first-order valence-electron chi connectivity index (χ1n) is 10.6. The molecule has 0 saturated heterocycles. The van der Waals surface area contributed by atoms with Crippen molar-refractivity contribution in [2.45, 2.75) is 45.1 Å². The van der Waals surface area contributed by atoms with Crippen LogP contribution in [0.15, 0.2) is 53.7 Å². The third-order valence-electron chi connectivity index (χ3n) is 6.38. The Morgan fingerprint density at radius 1 is 1.17 bits per heavy atom. The molecular formula is C24H24FN3O2. The smallest absolute Gasteiger partial charge is 0.309 e. The van der Waals surface area contributed by atoms with E-state index in [1.165, 1.54) is 49.6 Å². The Bertz CT molecular complexity index is 1270. The van der Waals surface area contributed by atoms with Gasteiger partial charge in [-0.2, -0.15) is 4.73 Å². The Morgan fingerprint density at radius 2 is 1.97 bits per heavy atom. The van der Waals surface area contributed by atoms with Crippen LogP contribution in [0.2, 0.25) is 0 Å². The lowest BCUT2D eigenvalue weighted by Gasteiger charge is -2.24. The standard InChI is InChI=1S/C24H24FN3O2/c25-19-9-7-17(8-10-19)14-27-15-18(6-2-5-16-3-1-4-16)22-20-11-12-28(30)24(29)23(20)26-13-21(22)27/h7-13,15-16,30H,1-6,14H2. The van der Waals surface area contributed by atoms with Crippen molar-refractivity contribution >= 4 is 21.8 Å². The van der Waals surface area contributed by atoms with Gasteiger partial charge >= 0.3 is 5.56 Å². The van der Waals surface area contributed by atoms with Crippen LogP contribution in [0, 0.1) is 11.7 Å². The Balaban J connectivity index is 1.59. The van der Waals surface area contributed by atoms with Crippen LogP contribution in [0.25, 0.3) is 21.8 Å². The molecule has 0 bridgehead atoms. The number of benzene rings is 1. The molecule has 0 atom stereocenters. The zero-order valence-corrected chi connectivity index (χ0v) is 16.7. The first kappa shape index (κ1) is 18.9. The molecule has 0 radical (unpaired) electrons. The molecule has 1 saturated carbocycles. The van der Waals surface area contributed by atoms with Crippen molar-refractivity contribution in [3.63, 3.8) is 0 Å². The highest BCUT2D eigenvalue weighted by Crippen LogP contribution is 2.33. The maximum atomic E-state index is 13.3. The van der Waals surface area contributed by atoms with Crippen molar-refractivity contribution in [2.24, 2.45) is 5.92 Å². The summed E-state index contributed by atoms with van der Waals surface area (Å²) >= 11 is 0. The largest absolute Gasteiger partial charge is 0.425 e. The zero-order valence-electron chi connectivity index (χ0n) is 16.7. The molecule has 0 spiro atoms. The monoisotopic (exact) mass is 405 g/mol. The minimum Gasteiger partial charge on any atom is -0.425 e. The average Bonchev–Trinajstić information content (AvgIpc) is 3.06. The minimum atomic E-state index is -0.513. The fraction of sp³-hybridized carbons (Fsp3) is 0.333. The van der Waals surface area contributed by atoms with E-state index in [1.807, 2.05) is 0 Å². The number of pyridine rings is 2. The van der Waals surface area contributed by atoms with Crippen LogP contribution in [-0.4, -0.2) is 19.5 Å². The minimum absolute atomic E-state index is 0.249. The highest BCUT2D eigenvalue weighted by atomic mass is 19.1. The molecule has 5 nitrogen and oxygen atoms in total. The van der Waals surface area contributed by atoms with Crippen LogP contribution < -0.4 is 5.56 Å². The van der Waals surface area contributed by atoms with E-state index in [1.54, 1.807) is 24.4 Å². The van der Waals surface area contributed by atoms with Gasteiger partial charge < -0.3 is 9.77 Å². The van der Waals surface area contributed by atoms with Gasteiger partial charge in [-0.15, -0.1) is 0 Å². The first-order valence-corrected chi connectivity index (χ1v) is 10.6. The van der Waals surface area contributed by atoms with Gasteiger partial charge in [-0.3, -0.25) is 4.79 Å². The number of hydrogen-bond acceptors (Lipinski definition) is 3. The second-order valence-corrected chi connectivity index (χ2v) is 8.34. The van der Waals surface area contributed by atoms with Gasteiger partial charge in [0.05, 0.1) is 11.7 Å². The van der Waals surface area contributed by atoms with Crippen LogP contribution in [0.1, 0.15) is 43.2 Å². The van der Waals surface area contributed by atoms with Crippen molar-refractivity contribution in [1.29, 1.82) is 0 Å². The van der Waals surface area contributed by atoms with Crippen molar-refractivity contribution in [3.05, 3.63) is 76.2 Å². The number of fused-ring (bicyclic) bond motifs is 3. The molecule has 1 fully saturated rings. The summed E-state index contributed by atoms with van der Waals surface area (Å²) in [6, 6.07) is 8.27. The van der Waals surface area contributed by atoms with Crippen molar-refractivity contribution in [1.82, 2.24) is 14.3 Å². The first-order chi connectivity index (χ1) is 14.6. The number of rotatable bonds is 6. The fourth-order valence-electron chi connectivity index (χ4n) is 4.52. The van der Waals surface area contributed by atoms with E-state index in [-0.39, 0.29) is 11.3 Å². The molecular weight excluding hydrogens is 381 g/mol. The maximum absolute atomic E-state index is 13.3. The summed E-state index contributed by atoms with van der Waals surface area (Å²) < 4.78 is 16.0. The van der Waals surface area contributed by atoms with Gasteiger partial charge in [0, 0.05) is 29.7 Å². The molecule has 1 N–H and O–H groups in total. The fourth-order valence-corrected chi connectivity index (χ4v) is 4.52. The second kappa shape index (κ2) is 7.59. The summed E-state index contributed by atoms with van der Waals surface area (Å²) in [5, 5.41) is 11.5. The van der Waals surface area contributed by atoms with E-state index in [0.717, 1.165) is 40.6 Å². The van der Waals surface area contributed by atoms with Gasteiger partial charge in [-0.25, -0.2) is 9.37 Å². The normalized spacial score (nSPS) is 14.4. The molecule has 0 aliphatic heterocycles. The second-order valence-electron chi connectivity index (χ2n) is 8.34. The number of nitrogens with zero attached hydrogens (tertiary/aromatic N) is 3. The summed E-state index contributed by atoms with van der Waals surface area (Å²) in [6.07, 6.45) is 12.5. The highest BCUT2D eigenvalue weighted by molar-refractivity contribution is 6.06. The lowest BCUT2D eigenvalue weighted by atomic mass is 9.81. The molecule has 5 rings (SSSR count). The Hall–Kier alpha value is -3.15. The quantitative estimate of drug-likeness (QED) is 0.464. The van der Waals surface area contributed by atoms with Crippen LogP contribution >= 0.6 is 0 Å². The van der Waals surface area contributed by atoms with Gasteiger partial charge in [-0.1, -0.05) is 37.8 Å². The molecule has 6 heteroatoms. The Kier molecular flexibility index (Phi) is 4.77. The van der Waals surface area contributed by atoms with Crippen LogP contribution in [0.4, 0.5) is 4.39 Å². The SMILES string of the molecule is O=c1c2ncc3c(c(CCCC4CCC4)cn3Cc3ccc(F)cc3)c2ccn1O. The highest BCUT2D eigenvalue weighted by Gasteiger charge is 2.19. The summed E-state index contributed by atoms with van der Waals surface area (Å²) in [5.41, 5.74) is 2.89. The van der Waals surface area contributed by atoms with Crippen molar-refractivity contribution in [3.8, 4) is 0 Å². The van der Waals surface area contributed by atoms with E-state index < -0.39 is 5.56 Å². The van der Waals surface area contributed by atoms with Gasteiger partial charge in [0.25, 0.3) is 0 Å². The lowest BCUT2D eigenvalue weighted by molar-refractivity contribution is 0.176. The third kappa shape index (κ3) is 3.36.